The second kappa shape index (κ2) is 9.71. The van der Waals surface area contributed by atoms with Crippen LogP contribution in [0.1, 0.15) is 36.0 Å². The number of carbonyl (C=O) groups is 1. The molecule has 3 aromatic rings. The van der Waals surface area contributed by atoms with Crippen molar-refractivity contribution in [1.82, 2.24) is 4.72 Å². The Morgan fingerprint density at radius 3 is 2.60 bits per heavy atom. The van der Waals surface area contributed by atoms with Gasteiger partial charge >= 0.3 is 11.6 Å². The summed E-state index contributed by atoms with van der Waals surface area (Å²) in [6, 6.07) is 9.68. The van der Waals surface area contributed by atoms with Crippen LogP contribution < -0.4 is 19.8 Å². The van der Waals surface area contributed by atoms with E-state index in [-0.39, 0.29) is 30.9 Å². The molecule has 0 saturated carbocycles. The van der Waals surface area contributed by atoms with Crippen molar-refractivity contribution in [1.29, 1.82) is 0 Å². The molecule has 2 heterocycles. The van der Waals surface area contributed by atoms with Crippen molar-refractivity contribution < 1.29 is 31.8 Å². The molecular weight excluding hydrogens is 474 g/mol. The zero-order valence-electron chi connectivity index (χ0n) is 19.0. The monoisotopic (exact) mass is 499 g/mol. The lowest BCUT2D eigenvalue weighted by molar-refractivity contribution is -0.145. The minimum atomic E-state index is -3.76. The molecule has 10 heteroatoms. The van der Waals surface area contributed by atoms with Crippen LogP contribution in [0.5, 0.6) is 11.5 Å². The maximum absolute atomic E-state index is 12.5. The highest BCUT2D eigenvalue weighted by Crippen LogP contribution is 2.32. The van der Waals surface area contributed by atoms with Crippen LogP contribution in [0.15, 0.2) is 50.5 Å². The summed E-state index contributed by atoms with van der Waals surface area (Å²) >= 11 is 0. The van der Waals surface area contributed by atoms with E-state index in [0.29, 0.717) is 35.9 Å². The van der Waals surface area contributed by atoms with Crippen LogP contribution in [0.3, 0.4) is 0 Å². The molecule has 0 amide bonds. The number of carbonyl (C=O) groups excluding carboxylic acids is 1. The number of esters is 1. The van der Waals surface area contributed by atoms with Gasteiger partial charge in [0.25, 0.3) is 0 Å². The van der Waals surface area contributed by atoms with Crippen LogP contribution in [0, 0.1) is 0 Å². The van der Waals surface area contributed by atoms with Gasteiger partial charge in [0.15, 0.2) is 11.5 Å². The molecule has 0 unspecified atom stereocenters. The molecule has 1 aliphatic carbocycles. The van der Waals surface area contributed by atoms with Crippen molar-refractivity contribution in [3.63, 3.8) is 0 Å². The molecule has 0 fully saturated rings. The number of nitrogens with one attached hydrogen (secondary N) is 1. The summed E-state index contributed by atoms with van der Waals surface area (Å²) in [6.07, 6.45) is 3.29. The minimum Gasteiger partial charge on any atom is -0.486 e. The fourth-order valence-corrected chi connectivity index (χ4v) is 5.45. The van der Waals surface area contributed by atoms with Gasteiger partial charge in [-0.05, 0) is 61.1 Å². The topological polar surface area (TPSA) is 121 Å². The van der Waals surface area contributed by atoms with Gasteiger partial charge in [0.2, 0.25) is 10.0 Å². The molecule has 0 spiro atoms. The van der Waals surface area contributed by atoms with Gasteiger partial charge in [0.1, 0.15) is 25.4 Å². The predicted octanol–water partition coefficient (Wildman–Crippen LogP) is 2.85. The third-order valence-corrected chi connectivity index (χ3v) is 7.56. The minimum absolute atomic E-state index is 0.0262. The first-order valence-electron chi connectivity index (χ1n) is 11.5. The van der Waals surface area contributed by atoms with Gasteiger partial charge in [-0.1, -0.05) is 0 Å². The zero-order chi connectivity index (χ0) is 24.4. The fourth-order valence-electron chi connectivity index (χ4n) is 4.36. The molecule has 35 heavy (non-hydrogen) atoms. The van der Waals surface area contributed by atoms with Crippen LogP contribution in [0.2, 0.25) is 0 Å². The molecule has 1 N–H and O–H groups in total. The van der Waals surface area contributed by atoms with E-state index in [4.69, 9.17) is 18.6 Å². The van der Waals surface area contributed by atoms with Gasteiger partial charge < -0.3 is 18.6 Å². The lowest BCUT2D eigenvalue weighted by Gasteiger charge is -2.18. The fraction of sp³-hybridized carbons (Fsp3) is 0.360. The van der Waals surface area contributed by atoms with E-state index in [1.165, 1.54) is 29.3 Å². The van der Waals surface area contributed by atoms with Crippen LogP contribution >= 0.6 is 0 Å². The smallest absolute Gasteiger partial charge is 0.336 e. The summed E-state index contributed by atoms with van der Waals surface area (Å²) < 4.78 is 49.1. The molecule has 0 radical (unpaired) electrons. The number of fused-ring (bicyclic) bond motifs is 3. The molecule has 5 rings (SSSR count). The number of rotatable bonds is 8. The second-order valence-electron chi connectivity index (χ2n) is 8.53. The molecule has 0 saturated heterocycles. The van der Waals surface area contributed by atoms with E-state index in [2.05, 4.69) is 4.72 Å². The standard InChI is InChI=1S/C25H25NO8S/c27-24(5-2-8-26-35(29,30)19-6-7-21-23(14-19)32-10-9-31-21)33-15-18-13-25(28)34-22-12-17-4-1-3-16(17)11-20(18)22/h6-7,11-14,26H,1-5,8-10,15H2. The molecule has 2 aromatic carbocycles. The summed E-state index contributed by atoms with van der Waals surface area (Å²) in [5.74, 6) is 0.410. The Morgan fingerprint density at radius 2 is 1.77 bits per heavy atom. The van der Waals surface area contributed by atoms with Crippen LogP contribution in [-0.4, -0.2) is 34.1 Å². The highest BCUT2D eigenvalue weighted by molar-refractivity contribution is 7.89. The highest BCUT2D eigenvalue weighted by atomic mass is 32.2. The number of ether oxygens (including phenoxy) is 3. The van der Waals surface area contributed by atoms with Crippen molar-refractivity contribution in [3.05, 3.63) is 63.5 Å². The molecule has 1 aromatic heterocycles. The summed E-state index contributed by atoms with van der Waals surface area (Å²) in [6.45, 7) is 0.791. The van der Waals surface area contributed by atoms with Gasteiger partial charge in [-0.15, -0.1) is 0 Å². The Balaban J connectivity index is 1.14. The first-order valence-corrected chi connectivity index (χ1v) is 13.0. The molecule has 0 atom stereocenters. The quantitative estimate of drug-likeness (QED) is 0.285. The average Bonchev–Trinajstić information content (AvgIpc) is 3.31. The average molecular weight is 500 g/mol. The Labute approximate surface area is 202 Å². The van der Waals surface area contributed by atoms with E-state index in [1.807, 2.05) is 12.1 Å². The van der Waals surface area contributed by atoms with Crippen LogP contribution in [0.4, 0.5) is 0 Å². The van der Waals surface area contributed by atoms with E-state index in [0.717, 1.165) is 24.6 Å². The van der Waals surface area contributed by atoms with Gasteiger partial charge in [0, 0.05) is 36.0 Å². The van der Waals surface area contributed by atoms with Gasteiger partial charge in [-0.25, -0.2) is 17.9 Å². The zero-order valence-corrected chi connectivity index (χ0v) is 19.8. The summed E-state index contributed by atoms with van der Waals surface area (Å²) in [5.41, 5.74) is 3.02. The van der Waals surface area contributed by atoms with E-state index < -0.39 is 21.6 Å². The van der Waals surface area contributed by atoms with Crippen molar-refractivity contribution in [2.45, 2.75) is 43.6 Å². The van der Waals surface area contributed by atoms with Crippen LogP contribution in [-0.2, 0) is 39.0 Å². The Hall–Kier alpha value is -3.37. The van der Waals surface area contributed by atoms with Gasteiger partial charge in [-0.3, -0.25) is 4.79 Å². The van der Waals surface area contributed by atoms with Crippen molar-refractivity contribution in [3.8, 4) is 11.5 Å². The maximum atomic E-state index is 12.5. The summed E-state index contributed by atoms with van der Waals surface area (Å²) in [4.78, 5) is 24.3. The molecule has 0 bridgehead atoms. The number of sulfonamides is 1. The maximum Gasteiger partial charge on any atom is 0.336 e. The van der Waals surface area contributed by atoms with Crippen molar-refractivity contribution in [2.24, 2.45) is 0 Å². The Morgan fingerprint density at radius 1 is 1.00 bits per heavy atom. The highest BCUT2D eigenvalue weighted by Gasteiger charge is 2.20. The van der Waals surface area contributed by atoms with Gasteiger partial charge in [-0.2, -0.15) is 0 Å². The normalized spacial score (nSPS) is 14.6. The summed E-state index contributed by atoms with van der Waals surface area (Å²) in [5, 5.41) is 0.769. The number of hydrogen-bond donors (Lipinski definition) is 1. The van der Waals surface area contributed by atoms with E-state index >= 15 is 0 Å². The van der Waals surface area contributed by atoms with Crippen LogP contribution in [0.25, 0.3) is 11.0 Å². The number of aryl methyl sites for hydroxylation is 2. The first-order chi connectivity index (χ1) is 16.9. The molecule has 2 aliphatic rings. The third-order valence-electron chi connectivity index (χ3n) is 6.10. The van der Waals surface area contributed by atoms with E-state index in [1.54, 1.807) is 6.07 Å². The van der Waals surface area contributed by atoms with Gasteiger partial charge in [0.05, 0.1) is 4.90 Å². The molecular formula is C25H25NO8S. The Bertz CT molecular complexity index is 1440. The van der Waals surface area contributed by atoms with E-state index in [9.17, 15) is 18.0 Å². The number of hydrogen-bond acceptors (Lipinski definition) is 8. The lowest BCUT2D eigenvalue weighted by atomic mass is 10.0. The van der Waals surface area contributed by atoms with Crippen molar-refractivity contribution in [2.75, 3.05) is 19.8 Å². The lowest BCUT2D eigenvalue weighted by Crippen LogP contribution is -2.25. The third kappa shape index (κ3) is 5.18. The largest absolute Gasteiger partial charge is 0.486 e. The SMILES string of the molecule is O=C(CCCNS(=O)(=O)c1ccc2c(c1)OCCO2)OCc1cc(=O)oc2cc3c(cc12)CCC3. The molecule has 184 valence electrons. The predicted molar refractivity (Wildman–Crippen MR) is 126 cm³/mol. The Kier molecular flexibility index (Phi) is 6.48. The van der Waals surface area contributed by atoms with Crippen molar-refractivity contribution >= 4 is 27.0 Å². The summed E-state index contributed by atoms with van der Waals surface area (Å²) in [7, 11) is -3.76. The molecule has 1 aliphatic heterocycles. The second-order valence-corrected chi connectivity index (χ2v) is 10.3. The first kappa shape index (κ1) is 23.4. The molecule has 9 nitrogen and oxygen atoms in total. The number of benzene rings is 2.